The Bertz CT molecular complexity index is 1280. The van der Waals surface area contributed by atoms with Crippen LogP contribution in [0.3, 0.4) is 0 Å². The molecule has 0 radical (unpaired) electrons. The third-order valence-corrected chi connectivity index (χ3v) is 7.11. The van der Waals surface area contributed by atoms with Gasteiger partial charge in [0.1, 0.15) is 24.9 Å². The Morgan fingerprint density at radius 2 is 1.47 bits per heavy atom. The maximum Gasteiger partial charge on any atom is 0.244 e. The van der Waals surface area contributed by atoms with Gasteiger partial charge in [0.15, 0.2) is 0 Å². The second-order valence-corrected chi connectivity index (χ2v) is 10.9. The van der Waals surface area contributed by atoms with E-state index in [2.05, 4.69) is 5.32 Å². The molecular formula is C29H35N3O5S. The number of anilines is 1. The van der Waals surface area contributed by atoms with Gasteiger partial charge < -0.3 is 15.0 Å². The normalized spacial score (nSPS) is 11.9. The molecule has 0 saturated carbocycles. The summed E-state index contributed by atoms with van der Waals surface area (Å²) in [7, 11) is -3.80. The zero-order valence-electron chi connectivity index (χ0n) is 22.0. The highest BCUT2D eigenvalue weighted by Crippen LogP contribution is 2.23. The van der Waals surface area contributed by atoms with Crippen LogP contribution in [0.2, 0.25) is 0 Å². The third kappa shape index (κ3) is 8.34. The molecule has 0 aliphatic carbocycles. The van der Waals surface area contributed by atoms with Crippen LogP contribution >= 0.6 is 0 Å². The maximum absolute atomic E-state index is 13.5. The number of amides is 2. The monoisotopic (exact) mass is 537 g/mol. The van der Waals surface area contributed by atoms with Crippen molar-refractivity contribution in [3.8, 4) is 5.75 Å². The van der Waals surface area contributed by atoms with E-state index in [1.807, 2.05) is 67.6 Å². The molecule has 0 spiro atoms. The number of hydrogen-bond acceptors (Lipinski definition) is 5. The quantitative estimate of drug-likeness (QED) is 0.356. The molecule has 1 atom stereocenters. The molecular weight excluding hydrogens is 502 g/mol. The predicted molar refractivity (Wildman–Crippen MR) is 149 cm³/mol. The van der Waals surface area contributed by atoms with Crippen molar-refractivity contribution >= 4 is 27.5 Å². The summed E-state index contributed by atoms with van der Waals surface area (Å²) >= 11 is 0. The minimum absolute atomic E-state index is 0.171. The number of sulfonamides is 1. The fourth-order valence-electron chi connectivity index (χ4n) is 3.82. The smallest absolute Gasteiger partial charge is 0.244 e. The van der Waals surface area contributed by atoms with Crippen LogP contribution in [0, 0.1) is 0 Å². The molecule has 0 heterocycles. The van der Waals surface area contributed by atoms with E-state index in [9.17, 15) is 18.0 Å². The van der Waals surface area contributed by atoms with E-state index in [-0.39, 0.29) is 12.5 Å². The molecule has 1 N–H and O–H groups in total. The number of rotatable bonds is 13. The summed E-state index contributed by atoms with van der Waals surface area (Å²) in [6.45, 7) is 4.19. The number of benzene rings is 3. The molecule has 0 saturated heterocycles. The average molecular weight is 538 g/mol. The van der Waals surface area contributed by atoms with E-state index >= 15 is 0 Å². The second kappa shape index (κ2) is 13.6. The minimum Gasteiger partial charge on any atom is -0.489 e. The van der Waals surface area contributed by atoms with Gasteiger partial charge in [0.05, 0.1) is 11.9 Å². The third-order valence-electron chi connectivity index (χ3n) is 5.96. The standard InChI is InChI=1S/C29H35N3O5S/c1-4-19-30-29(34)23(2)31(20-24-11-7-5-8-12-24)28(33)21-32(38(3,35)36)26-15-17-27(18-16-26)37-22-25-13-9-6-10-14-25/h5-18,23H,4,19-22H2,1-3H3,(H,30,34)/t23-/m0/s1. The summed E-state index contributed by atoms with van der Waals surface area (Å²) in [6, 6.07) is 24.7. The number of nitrogens with zero attached hydrogens (tertiary/aromatic N) is 2. The Labute approximate surface area is 225 Å². The van der Waals surface area contributed by atoms with Gasteiger partial charge in [-0.2, -0.15) is 0 Å². The van der Waals surface area contributed by atoms with E-state index in [1.54, 1.807) is 31.2 Å². The molecule has 8 nitrogen and oxygen atoms in total. The molecule has 38 heavy (non-hydrogen) atoms. The van der Waals surface area contributed by atoms with Crippen molar-refractivity contribution in [1.29, 1.82) is 0 Å². The van der Waals surface area contributed by atoms with Gasteiger partial charge in [0.2, 0.25) is 21.8 Å². The van der Waals surface area contributed by atoms with Crippen LogP contribution in [0.15, 0.2) is 84.9 Å². The van der Waals surface area contributed by atoms with Crippen molar-refractivity contribution in [2.45, 2.75) is 39.5 Å². The molecule has 3 aromatic carbocycles. The van der Waals surface area contributed by atoms with Gasteiger partial charge in [0, 0.05) is 13.1 Å². The predicted octanol–water partition coefficient (Wildman–Crippen LogP) is 3.98. The molecule has 0 unspecified atom stereocenters. The fourth-order valence-corrected chi connectivity index (χ4v) is 4.67. The van der Waals surface area contributed by atoms with Crippen LogP contribution in [-0.2, 0) is 32.8 Å². The largest absolute Gasteiger partial charge is 0.489 e. The molecule has 202 valence electrons. The van der Waals surface area contributed by atoms with Crippen LogP contribution in [0.5, 0.6) is 5.75 Å². The van der Waals surface area contributed by atoms with Crippen molar-refractivity contribution < 1.29 is 22.7 Å². The highest BCUT2D eigenvalue weighted by atomic mass is 32.2. The minimum atomic E-state index is -3.80. The summed E-state index contributed by atoms with van der Waals surface area (Å²) in [5, 5.41) is 2.82. The molecule has 0 aromatic heterocycles. The van der Waals surface area contributed by atoms with Crippen LogP contribution < -0.4 is 14.4 Å². The van der Waals surface area contributed by atoms with Crippen molar-refractivity contribution in [2.24, 2.45) is 0 Å². The molecule has 0 aliphatic rings. The van der Waals surface area contributed by atoms with Crippen LogP contribution in [-0.4, -0.2) is 50.5 Å². The lowest BCUT2D eigenvalue weighted by atomic mass is 10.1. The van der Waals surface area contributed by atoms with E-state index in [1.165, 1.54) is 4.90 Å². The molecule has 0 fully saturated rings. The SMILES string of the molecule is CCCNC(=O)[C@H](C)N(Cc1ccccc1)C(=O)CN(c1ccc(OCc2ccccc2)cc1)S(C)(=O)=O. The maximum atomic E-state index is 13.5. The first-order chi connectivity index (χ1) is 18.2. The zero-order valence-corrected chi connectivity index (χ0v) is 22.9. The second-order valence-electron chi connectivity index (χ2n) is 9.01. The van der Waals surface area contributed by atoms with E-state index < -0.39 is 28.5 Å². The van der Waals surface area contributed by atoms with Crippen molar-refractivity contribution in [3.63, 3.8) is 0 Å². The lowest BCUT2D eigenvalue weighted by molar-refractivity contribution is -0.139. The molecule has 3 rings (SSSR count). The van der Waals surface area contributed by atoms with Gasteiger partial charge in [-0.15, -0.1) is 0 Å². The van der Waals surface area contributed by atoms with Gasteiger partial charge in [-0.25, -0.2) is 8.42 Å². The van der Waals surface area contributed by atoms with E-state index in [4.69, 9.17) is 4.74 Å². The highest BCUT2D eigenvalue weighted by molar-refractivity contribution is 7.92. The Kier molecular flexibility index (Phi) is 10.3. The van der Waals surface area contributed by atoms with Gasteiger partial charge in [0.25, 0.3) is 0 Å². The summed E-state index contributed by atoms with van der Waals surface area (Å²) in [4.78, 5) is 27.7. The van der Waals surface area contributed by atoms with Crippen LogP contribution in [0.4, 0.5) is 5.69 Å². The number of carbonyl (C=O) groups is 2. The fraction of sp³-hybridized carbons (Fsp3) is 0.310. The Hall–Kier alpha value is -3.85. The molecule has 9 heteroatoms. The Balaban J connectivity index is 1.79. The average Bonchev–Trinajstić information content (AvgIpc) is 2.92. The van der Waals surface area contributed by atoms with E-state index in [0.717, 1.165) is 28.1 Å². The number of hydrogen-bond donors (Lipinski definition) is 1. The summed E-state index contributed by atoms with van der Waals surface area (Å²) in [5.41, 5.74) is 2.17. The highest BCUT2D eigenvalue weighted by Gasteiger charge is 2.30. The van der Waals surface area contributed by atoms with Gasteiger partial charge >= 0.3 is 0 Å². The van der Waals surface area contributed by atoms with Crippen molar-refractivity contribution in [3.05, 3.63) is 96.1 Å². The Morgan fingerprint density at radius 1 is 0.895 bits per heavy atom. The number of nitrogens with one attached hydrogen (secondary N) is 1. The first kappa shape index (κ1) is 28.7. The lowest BCUT2D eigenvalue weighted by Crippen LogP contribution is -2.51. The van der Waals surface area contributed by atoms with E-state index in [0.29, 0.717) is 24.6 Å². The van der Waals surface area contributed by atoms with Gasteiger partial charge in [-0.1, -0.05) is 67.6 Å². The molecule has 0 bridgehead atoms. The summed E-state index contributed by atoms with van der Waals surface area (Å²) < 4.78 is 32.3. The number of ether oxygens (including phenoxy) is 1. The summed E-state index contributed by atoms with van der Waals surface area (Å²) in [5.74, 6) is -0.200. The van der Waals surface area contributed by atoms with Crippen LogP contribution in [0.1, 0.15) is 31.4 Å². The molecule has 2 amide bonds. The summed E-state index contributed by atoms with van der Waals surface area (Å²) in [6.07, 6.45) is 1.82. The van der Waals surface area contributed by atoms with Crippen molar-refractivity contribution in [2.75, 3.05) is 23.7 Å². The van der Waals surface area contributed by atoms with Gasteiger partial charge in [-0.05, 0) is 48.7 Å². The first-order valence-electron chi connectivity index (χ1n) is 12.5. The van der Waals surface area contributed by atoms with Gasteiger partial charge in [-0.3, -0.25) is 13.9 Å². The van der Waals surface area contributed by atoms with Crippen molar-refractivity contribution in [1.82, 2.24) is 10.2 Å². The van der Waals surface area contributed by atoms with Crippen LogP contribution in [0.25, 0.3) is 0 Å². The zero-order chi connectivity index (χ0) is 27.5. The number of carbonyl (C=O) groups excluding carboxylic acids is 2. The molecule has 0 aliphatic heterocycles. The topological polar surface area (TPSA) is 96.0 Å². The Morgan fingerprint density at radius 3 is 2.03 bits per heavy atom. The molecule has 3 aromatic rings. The first-order valence-corrected chi connectivity index (χ1v) is 14.4. The lowest BCUT2D eigenvalue weighted by Gasteiger charge is -2.31.